The third-order valence-corrected chi connectivity index (χ3v) is 4.09. The molecule has 8 nitrogen and oxygen atoms in total. The third-order valence-electron chi connectivity index (χ3n) is 4.09. The van der Waals surface area contributed by atoms with Crippen LogP contribution in [0.15, 0.2) is 0 Å². The summed E-state index contributed by atoms with van der Waals surface area (Å²) in [6.45, 7) is 1.82. The molecular formula is C13H23N3O5. The van der Waals surface area contributed by atoms with Gasteiger partial charge in [-0.3, -0.25) is 0 Å². The van der Waals surface area contributed by atoms with Gasteiger partial charge in [-0.1, -0.05) is 0 Å². The minimum atomic E-state index is -0.744. The van der Waals surface area contributed by atoms with Crippen molar-refractivity contribution in [2.75, 3.05) is 20.1 Å². The molecule has 8 heteroatoms. The lowest BCUT2D eigenvalue weighted by molar-refractivity contribution is -0.769. The minimum Gasteiger partial charge on any atom is -0.445 e. The van der Waals surface area contributed by atoms with Gasteiger partial charge in [0.2, 0.25) is 0 Å². The molecule has 2 aliphatic rings. The minimum absolute atomic E-state index is 0.0189. The van der Waals surface area contributed by atoms with E-state index in [0.717, 1.165) is 25.9 Å². The van der Waals surface area contributed by atoms with Gasteiger partial charge in [0.1, 0.15) is 12.2 Å². The molecule has 0 spiro atoms. The van der Waals surface area contributed by atoms with Crippen molar-refractivity contribution in [1.29, 1.82) is 0 Å². The molecule has 0 aromatic rings. The van der Waals surface area contributed by atoms with E-state index in [9.17, 15) is 14.9 Å². The van der Waals surface area contributed by atoms with E-state index in [-0.39, 0.29) is 24.3 Å². The highest BCUT2D eigenvalue weighted by molar-refractivity contribution is 5.67. The Morgan fingerprint density at radius 2 is 1.95 bits per heavy atom. The average Bonchev–Trinajstić information content (AvgIpc) is 2.40. The first kappa shape index (κ1) is 15.8. The topological polar surface area (TPSA) is 93.9 Å². The van der Waals surface area contributed by atoms with Crippen molar-refractivity contribution in [2.45, 2.75) is 56.8 Å². The molecular weight excluding hydrogens is 278 g/mol. The maximum absolute atomic E-state index is 11.9. The number of rotatable bonds is 4. The van der Waals surface area contributed by atoms with Crippen molar-refractivity contribution in [3.05, 3.63) is 10.1 Å². The zero-order valence-corrected chi connectivity index (χ0v) is 12.3. The predicted octanol–water partition coefficient (Wildman–Crippen LogP) is 1.33. The van der Waals surface area contributed by atoms with Crippen LogP contribution in [-0.2, 0) is 9.57 Å². The van der Waals surface area contributed by atoms with E-state index < -0.39 is 5.09 Å². The van der Waals surface area contributed by atoms with Gasteiger partial charge in [0.25, 0.3) is 5.09 Å². The normalized spacial score (nSPS) is 30.4. The van der Waals surface area contributed by atoms with Gasteiger partial charge in [0.15, 0.2) is 0 Å². The van der Waals surface area contributed by atoms with Gasteiger partial charge in [0, 0.05) is 12.6 Å². The van der Waals surface area contributed by atoms with Crippen LogP contribution in [0.25, 0.3) is 0 Å². The molecule has 1 heterocycles. The maximum atomic E-state index is 11.9. The molecule has 1 aliphatic heterocycles. The smallest absolute Gasteiger partial charge is 0.407 e. The number of amides is 1. The number of carbonyl (C=O) groups excluding carboxylic acids is 1. The highest BCUT2D eigenvalue weighted by atomic mass is 17.0. The lowest BCUT2D eigenvalue weighted by Gasteiger charge is -2.31. The second-order valence-electron chi connectivity index (χ2n) is 5.88. The van der Waals surface area contributed by atoms with Crippen molar-refractivity contribution in [2.24, 2.45) is 0 Å². The van der Waals surface area contributed by atoms with E-state index >= 15 is 0 Å². The summed E-state index contributed by atoms with van der Waals surface area (Å²) in [6, 6.07) is 0.0189. The van der Waals surface area contributed by atoms with E-state index in [1.807, 2.05) is 7.05 Å². The van der Waals surface area contributed by atoms with Crippen LogP contribution in [0.1, 0.15) is 38.5 Å². The molecule has 0 radical (unpaired) electrons. The average molecular weight is 301 g/mol. The number of nitrogens with zero attached hydrogens (tertiary/aromatic N) is 2. The van der Waals surface area contributed by atoms with Crippen LogP contribution in [-0.4, -0.2) is 54.5 Å². The Balaban J connectivity index is 1.66. The third kappa shape index (κ3) is 5.37. The summed E-state index contributed by atoms with van der Waals surface area (Å²) in [5.41, 5.74) is 0. The fourth-order valence-corrected chi connectivity index (χ4v) is 3.00. The second-order valence-corrected chi connectivity index (χ2v) is 5.88. The molecule has 0 bridgehead atoms. The first-order valence-electron chi connectivity index (χ1n) is 7.50. The molecule has 120 valence electrons. The molecule has 1 saturated heterocycles. The summed E-state index contributed by atoms with van der Waals surface area (Å²) < 4.78 is 5.42. The van der Waals surface area contributed by atoms with Crippen LogP contribution in [0.3, 0.4) is 0 Å². The van der Waals surface area contributed by atoms with Crippen LogP contribution < -0.4 is 5.32 Å². The quantitative estimate of drug-likeness (QED) is 0.622. The second kappa shape index (κ2) is 7.44. The number of carbonyl (C=O) groups is 1. The summed E-state index contributed by atoms with van der Waals surface area (Å²) in [6.07, 6.45) is 3.69. The highest BCUT2D eigenvalue weighted by Gasteiger charge is 2.26. The maximum Gasteiger partial charge on any atom is 0.407 e. The molecule has 1 aliphatic carbocycles. The lowest BCUT2D eigenvalue weighted by Crippen LogP contribution is -2.44. The van der Waals surface area contributed by atoms with Crippen molar-refractivity contribution in [3.63, 3.8) is 0 Å². The Kier molecular flexibility index (Phi) is 5.60. The number of likely N-dealkylation sites (tertiary alicyclic amines) is 1. The molecule has 1 unspecified atom stereocenters. The van der Waals surface area contributed by atoms with Gasteiger partial charge in [-0.2, -0.15) is 0 Å². The summed E-state index contributed by atoms with van der Waals surface area (Å²) in [5.74, 6) is 0. The number of piperidine rings is 1. The zero-order chi connectivity index (χ0) is 15.2. The van der Waals surface area contributed by atoms with E-state index in [1.165, 1.54) is 0 Å². The van der Waals surface area contributed by atoms with Crippen molar-refractivity contribution in [1.82, 2.24) is 10.2 Å². The SMILES string of the molecule is CN1CCCC(OC(=O)NC2CCC(O[N+](=O)[O-])CC2)C1. The van der Waals surface area contributed by atoms with Crippen molar-refractivity contribution < 1.29 is 19.5 Å². The van der Waals surface area contributed by atoms with Crippen molar-refractivity contribution >= 4 is 6.09 Å². The first-order valence-corrected chi connectivity index (χ1v) is 7.50. The number of nitrogens with one attached hydrogen (secondary N) is 1. The molecule has 2 rings (SSSR count). The molecule has 0 aromatic carbocycles. The van der Waals surface area contributed by atoms with Crippen molar-refractivity contribution in [3.8, 4) is 0 Å². The Morgan fingerprint density at radius 3 is 2.57 bits per heavy atom. The van der Waals surface area contributed by atoms with Crippen LogP contribution >= 0.6 is 0 Å². The fourth-order valence-electron chi connectivity index (χ4n) is 3.00. The van der Waals surface area contributed by atoms with E-state index in [0.29, 0.717) is 25.7 Å². The lowest BCUT2D eigenvalue weighted by atomic mass is 9.93. The first-order chi connectivity index (χ1) is 10.0. The van der Waals surface area contributed by atoms with Gasteiger partial charge in [-0.25, -0.2) is 4.79 Å². The summed E-state index contributed by atoms with van der Waals surface area (Å²) in [7, 11) is 2.02. The van der Waals surface area contributed by atoms with Gasteiger partial charge in [-0.15, -0.1) is 10.1 Å². The Labute approximate surface area is 123 Å². The number of alkyl carbamates (subject to hydrolysis) is 1. The standard InChI is InChI=1S/C13H23N3O5/c1-15-8-2-3-12(9-15)20-13(17)14-10-4-6-11(7-5-10)21-16(18)19/h10-12H,2-9H2,1H3,(H,14,17). The summed E-state index contributed by atoms with van der Waals surface area (Å²) >= 11 is 0. The van der Waals surface area contributed by atoms with Gasteiger partial charge in [0.05, 0.1) is 0 Å². The number of hydrogen-bond acceptors (Lipinski definition) is 6. The summed E-state index contributed by atoms with van der Waals surface area (Å²) in [4.78, 5) is 28.8. The molecule has 0 aromatic heterocycles. The molecule has 1 N–H and O–H groups in total. The zero-order valence-electron chi connectivity index (χ0n) is 12.3. The number of ether oxygens (including phenoxy) is 1. The molecule has 1 amide bonds. The van der Waals surface area contributed by atoms with E-state index in [1.54, 1.807) is 0 Å². The van der Waals surface area contributed by atoms with E-state index in [2.05, 4.69) is 15.1 Å². The Morgan fingerprint density at radius 1 is 1.24 bits per heavy atom. The molecule has 2 fully saturated rings. The van der Waals surface area contributed by atoms with Crippen LogP contribution in [0, 0.1) is 10.1 Å². The number of likely N-dealkylation sites (N-methyl/N-ethyl adjacent to an activating group) is 1. The molecule has 1 saturated carbocycles. The molecule has 21 heavy (non-hydrogen) atoms. The van der Waals surface area contributed by atoms with E-state index in [4.69, 9.17) is 4.74 Å². The fraction of sp³-hybridized carbons (Fsp3) is 0.923. The van der Waals surface area contributed by atoms with Crippen LogP contribution in [0.5, 0.6) is 0 Å². The van der Waals surface area contributed by atoms with Crippen LogP contribution in [0.2, 0.25) is 0 Å². The highest BCUT2D eigenvalue weighted by Crippen LogP contribution is 2.21. The van der Waals surface area contributed by atoms with Gasteiger partial charge < -0.3 is 19.8 Å². The Bertz CT molecular complexity index is 371. The van der Waals surface area contributed by atoms with Gasteiger partial charge >= 0.3 is 6.09 Å². The summed E-state index contributed by atoms with van der Waals surface area (Å²) in [5, 5.41) is 12.4. The van der Waals surface area contributed by atoms with Crippen LogP contribution in [0.4, 0.5) is 4.79 Å². The van der Waals surface area contributed by atoms with Gasteiger partial charge in [-0.05, 0) is 52.1 Å². The predicted molar refractivity (Wildman–Crippen MR) is 74.3 cm³/mol. The Hall–Kier alpha value is -1.57. The number of hydrogen-bond donors (Lipinski definition) is 1. The molecule has 1 atom stereocenters. The largest absolute Gasteiger partial charge is 0.445 e. The monoisotopic (exact) mass is 301 g/mol.